The number of likely N-dealkylation sites (tertiary alicyclic amines) is 1. The summed E-state index contributed by atoms with van der Waals surface area (Å²) in [6.07, 6.45) is 3.15. The van der Waals surface area contributed by atoms with Gasteiger partial charge in [0.1, 0.15) is 17.7 Å². The number of primary amides is 1. The van der Waals surface area contributed by atoms with Gasteiger partial charge in [-0.2, -0.15) is 0 Å². The van der Waals surface area contributed by atoms with Crippen LogP contribution in [0.2, 0.25) is 0 Å². The molecule has 0 saturated carbocycles. The third-order valence-corrected chi connectivity index (χ3v) is 4.55. The number of amides is 2. The molecule has 3 aromatic rings. The minimum Gasteiger partial charge on any atom is -0.481 e. The number of carboxylic acid groups (broad SMARTS) is 1. The molecule has 1 aliphatic heterocycles. The van der Waals surface area contributed by atoms with Gasteiger partial charge in [0, 0.05) is 13.1 Å². The van der Waals surface area contributed by atoms with Crippen LogP contribution in [0, 0.1) is 5.92 Å². The van der Waals surface area contributed by atoms with Crippen LogP contribution in [0.15, 0.2) is 35.2 Å². The third-order valence-electron chi connectivity index (χ3n) is 4.55. The van der Waals surface area contributed by atoms with Gasteiger partial charge in [-0.3, -0.25) is 18.8 Å². The molecule has 4 rings (SSSR count). The number of carboxylic acids is 1. The molecule has 138 valence electrons. The van der Waals surface area contributed by atoms with Crippen LogP contribution in [0.4, 0.5) is 0 Å². The van der Waals surface area contributed by atoms with E-state index in [0.717, 1.165) is 0 Å². The average Bonchev–Trinajstić information content (AvgIpc) is 3.39. The monoisotopic (exact) mass is 369 g/mol. The van der Waals surface area contributed by atoms with E-state index >= 15 is 0 Å². The normalized spacial score (nSPS) is 16.7. The van der Waals surface area contributed by atoms with E-state index in [1.54, 1.807) is 12.1 Å². The van der Waals surface area contributed by atoms with Crippen LogP contribution in [0.5, 0.6) is 0 Å². The second kappa shape index (κ2) is 6.24. The van der Waals surface area contributed by atoms with Crippen LogP contribution < -0.4 is 5.73 Å². The number of furan rings is 1. The molecule has 0 unspecified atom stereocenters. The van der Waals surface area contributed by atoms with Gasteiger partial charge in [0.15, 0.2) is 17.1 Å². The van der Waals surface area contributed by atoms with Crippen LogP contribution in [0.1, 0.15) is 27.4 Å². The first-order valence-electron chi connectivity index (χ1n) is 8.19. The summed E-state index contributed by atoms with van der Waals surface area (Å²) in [6, 6.07) is 4.87. The lowest BCUT2D eigenvalue weighted by Crippen LogP contribution is -2.31. The lowest BCUT2D eigenvalue weighted by atomic mass is 10.1. The Labute approximate surface area is 152 Å². The first-order chi connectivity index (χ1) is 13.0. The highest BCUT2D eigenvalue weighted by atomic mass is 16.4. The number of aliphatic carboxylic acids is 1. The molecule has 1 atom stereocenters. The zero-order valence-electron chi connectivity index (χ0n) is 14.0. The van der Waals surface area contributed by atoms with Crippen molar-refractivity contribution in [3.8, 4) is 11.5 Å². The highest BCUT2D eigenvalue weighted by Gasteiger charge is 2.33. The van der Waals surface area contributed by atoms with Crippen LogP contribution in [-0.2, 0) is 4.79 Å². The molecule has 0 radical (unpaired) electrons. The minimum atomic E-state index is -0.930. The summed E-state index contributed by atoms with van der Waals surface area (Å²) in [5.41, 5.74) is 5.95. The van der Waals surface area contributed by atoms with Gasteiger partial charge in [0.2, 0.25) is 0 Å². The Morgan fingerprint density at radius 3 is 2.78 bits per heavy atom. The smallest absolute Gasteiger partial charge is 0.308 e. The molecule has 1 fully saturated rings. The molecule has 4 heterocycles. The van der Waals surface area contributed by atoms with Crippen molar-refractivity contribution in [2.45, 2.75) is 6.42 Å². The average molecular weight is 369 g/mol. The Balaban J connectivity index is 1.83. The number of hydrogen-bond donors (Lipinski definition) is 2. The van der Waals surface area contributed by atoms with Crippen molar-refractivity contribution in [2.24, 2.45) is 11.7 Å². The number of fused-ring (bicyclic) bond motifs is 1. The van der Waals surface area contributed by atoms with Crippen molar-refractivity contribution in [3.05, 3.63) is 42.2 Å². The first kappa shape index (κ1) is 16.8. The van der Waals surface area contributed by atoms with E-state index in [4.69, 9.17) is 15.3 Å². The molecule has 1 saturated heterocycles. The number of nitrogens with zero attached hydrogens (tertiary/aromatic N) is 4. The predicted octanol–water partition coefficient (Wildman–Crippen LogP) is 0.635. The van der Waals surface area contributed by atoms with Gasteiger partial charge in [-0.25, -0.2) is 9.97 Å². The fourth-order valence-electron chi connectivity index (χ4n) is 3.17. The Morgan fingerprint density at radius 1 is 1.33 bits per heavy atom. The number of nitrogens with two attached hydrogens (primary N) is 1. The molecule has 27 heavy (non-hydrogen) atoms. The number of carbonyl (C=O) groups is 3. The molecule has 2 amide bonds. The summed E-state index contributed by atoms with van der Waals surface area (Å²) in [6.45, 7) is 0.443. The summed E-state index contributed by atoms with van der Waals surface area (Å²) in [4.78, 5) is 45.6. The molecule has 0 spiro atoms. The lowest BCUT2D eigenvalue weighted by Gasteiger charge is -2.17. The van der Waals surface area contributed by atoms with E-state index < -0.39 is 17.8 Å². The molecule has 1 aliphatic rings. The summed E-state index contributed by atoms with van der Waals surface area (Å²) >= 11 is 0. The molecular weight excluding hydrogens is 354 g/mol. The van der Waals surface area contributed by atoms with Gasteiger partial charge in [0.05, 0.1) is 12.2 Å². The maximum atomic E-state index is 13.0. The SMILES string of the molecule is NC(=O)c1ncn2c(C(=O)N3CC[C@@H](C(=O)O)C3)cc(-c3ccco3)nc12. The van der Waals surface area contributed by atoms with E-state index in [0.29, 0.717) is 24.4 Å². The molecule has 0 aromatic carbocycles. The predicted molar refractivity (Wildman–Crippen MR) is 90.9 cm³/mol. The molecule has 3 aromatic heterocycles. The molecule has 10 heteroatoms. The maximum Gasteiger partial charge on any atom is 0.308 e. The van der Waals surface area contributed by atoms with Gasteiger partial charge < -0.3 is 20.2 Å². The van der Waals surface area contributed by atoms with Crippen molar-refractivity contribution >= 4 is 23.4 Å². The van der Waals surface area contributed by atoms with Gasteiger partial charge in [-0.05, 0) is 24.6 Å². The second-order valence-electron chi connectivity index (χ2n) is 6.23. The van der Waals surface area contributed by atoms with Crippen LogP contribution in [-0.4, -0.2) is 55.2 Å². The number of carbonyl (C=O) groups excluding carboxylic acids is 2. The molecule has 0 bridgehead atoms. The van der Waals surface area contributed by atoms with Crippen molar-refractivity contribution in [1.29, 1.82) is 0 Å². The van der Waals surface area contributed by atoms with Crippen molar-refractivity contribution in [3.63, 3.8) is 0 Å². The molecule has 0 aliphatic carbocycles. The standard InChI is InChI=1S/C17H15N5O5/c18-14(23)13-15-20-10(12-2-1-5-27-12)6-11(22(15)8-19-13)16(24)21-4-3-9(7-21)17(25)26/h1-2,5-6,8-9H,3-4,7H2,(H2,18,23)(H,25,26)/t9-/m1/s1. The summed E-state index contributed by atoms with van der Waals surface area (Å²) in [7, 11) is 0. The summed E-state index contributed by atoms with van der Waals surface area (Å²) in [5.74, 6) is -2.27. The highest BCUT2D eigenvalue weighted by Crippen LogP contribution is 2.24. The molecular formula is C17H15N5O5. The number of hydrogen-bond acceptors (Lipinski definition) is 6. The van der Waals surface area contributed by atoms with E-state index in [9.17, 15) is 14.4 Å². The van der Waals surface area contributed by atoms with Gasteiger partial charge >= 0.3 is 5.97 Å². The van der Waals surface area contributed by atoms with Crippen molar-refractivity contribution in [2.75, 3.05) is 13.1 Å². The molecule has 3 N–H and O–H groups in total. The number of imidazole rings is 1. The fourth-order valence-corrected chi connectivity index (χ4v) is 3.17. The molecule has 10 nitrogen and oxygen atoms in total. The zero-order chi connectivity index (χ0) is 19.1. The Morgan fingerprint density at radius 2 is 2.15 bits per heavy atom. The minimum absolute atomic E-state index is 0.0673. The Bertz CT molecular complexity index is 1060. The Hall–Kier alpha value is -3.69. The van der Waals surface area contributed by atoms with Gasteiger partial charge in [0.25, 0.3) is 11.8 Å². The number of rotatable bonds is 4. The number of aromatic nitrogens is 3. The topological polar surface area (TPSA) is 144 Å². The van der Waals surface area contributed by atoms with Crippen molar-refractivity contribution in [1.82, 2.24) is 19.3 Å². The lowest BCUT2D eigenvalue weighted by molar-refractivity contribution is -0.141. The van der Waals surface area contributed by atoms with E-state index in [1.165, 1.54) is 28.0 Å². The summed E-state index contributed by atoms with van der Waals surface area (Å²) in [5, 5.41) is 9.16. The van der Waals surface area contributed by atoms with Crippen LogP contribution in [0.25, 0.3) is 17.1 Å². The third kappa shape index (κ3) is 2.80. The summed E-state index contributed by atoms with van der Waals surface area (Å²) < 4.78 is 6.72. The Kier molecular flexibility index (Phi) is 3.87. The maximum absolute atomic E-state index is 13.0. The first-order valence-corrected chi connectivity index (χ1v) is 8.19. The van der Waals surface area contributed by atoms with E-state index in [-0.39, 0.29) is 29.5 Å². The van der Waals surface area contributed by atoms with Gasteiger partial charge in [-0.15, -0.1) is 0 Å². The highest BCUT2D eigenvalue weighted by molar-refractivity contribution is 5.99. The quantitative estimate of drug-likeness (QED) is 0.686. The second-order valence-corrected chi connectivity index (χ2v) is 6.23. The largest absolute Gasteiger partial charge is 0.481 e. The zero-order valence-corrected chi connectivity index (χ0v) is 14.0. The van der Waals surface area contributed by atoms with Gasteiger partial charge in [-0.1, -0.05) is 0 Å². The van der Waals surface area contributed by atoms with Crippen LogP contribution >= 0.6 is 0 Å². The fraction of sp³-hybridized carbons (Fsp3) is 0.235. The van der Waals surface area contributed by atoms with E-state index in [2.05, 4.69) is 9.97 Å². The van der Waals surface area contributed by atoms with E-state index in [1.807, 2.05) is 0 Å². The van der Waals surface area contributed by atoms with Crippen LogP contribution in [0.3, 0.4) is 0 Å². The van der Waals surface area contributed by atoms with Crippen molar-refractivity contribution < 1.29 is 23.9 Å².